The first-order valence-corrected chi connectivity index (χ1v) is 8.14. The Morgan fingerprint density at radius 2 is 1.96 bits per heavy atom. The third-order valence-electron chi connectivity index (χ3n) is 4.13. The lowest BCUT2D eigenvalue weighted by atomic mass is 10.1. The van der Waals surface area contributed by atoms with Gasteiger partial charge in [-0.1, -0.05) is 6.07 Å². The molecule has 1 aromatic rings. The molecule has 1 N–H and O–H groups in total. The van der Waals surface area contributed by atoms with E-state index in [9.17, 15) is 9.59 Å². The molecule has 2 aliphatic heterocycles. The Balaban J connectivity index is 1.56. The minimum atomic E-state index is -1.03. The number of benzene rings is 1. The summed E-state index contributed by atoms with van der Waals surface area (Å²) in [5.74, 6) is 0.363. The van der Waals surface area contributed by atoms with Gasteiger partial charge >= 0.3 is 5.97 Å². The Kier molecular flexibility index (Phi) is 5.20. The number of fused-ring (bicyclic) bond motifs is 1. The van der Waals surface area contributed by atoms with Gasteiger partial charge in [0.1, 0.15) is 0 Å². The average molecular weight is 335 g/mol. The van der Waals surface area contributed by atoms with Gasteiger partial charge in [0.25, 0.3) is 0 Å². The first-order valence-electron chi connectivity index (χ1n) is 8.14. The van der Waals surface area contributed by atoms with Crippen LogP contribution in [0.25, 0.3) is 0 Å². The molecule has 7 heteroatoms. The number of aryl methyl sites for hydroxylation is 1. The third kappa shape index (κ3) is 3.97. The summed E-state index contributed by atoms with van der Waals surface area (Å²) < 4.78 is 16.4. The van der Waals surface area contributed by atoms with Gasteiger partial charge < -0.3 is 24.2 Å². The zero-order valence-corrected chi connectivity index (χ0v) is 13.4. The van der Waals surface area contributed by atoms with Crippen molar-refractivity contribution in [1.82, 2.24) is 4.90 Å². The van der Waals surface area contributed by atoms with E-state index >= 15 is 0 Å². The van der Waals surface area contributed by atoms with Crippen molar-refractivity contribution in [2.75, 3.05) is 32.9 Å². The van der Waals surface area contributed by atoms with Gasteiger partial charge in [0.05, 0.1) is 26.4 Å². The molecule has 1 aromatic carbocycles. The molecule has 1 fully saturated rings. The number of ether oxygens (including phenoxy) is 3. The zero-order chi connectivity index (χ0) is 16.9. The molecule has 2 aliphatic rings. The van der Waals surface area contributed by atoms with Crippen LogP contribution < -0.4 is 9.47 Å². The Hall–Kier alpha value is -2.28. The lowest BCUT2D eigenvalue weighted by Crippen LogP contribution is -2.48. The van der Waals surface area contributed by atoms with E-state index in [-0.39, 0.29) is 19.1 Å². The first-order chi connectivity index (χ1) is 11.6. The maximum Gasteiger partial charge on any atom is 0.334 e. The molecule has 0 saturated carbocycles. The second-order valence-corrected chi connectivity index (χ2v) is 5.87. The van der Waals surface area contributed by atoms with Crippen LogP contribution in [0.2, 0.25) is 0 Å². The van der Waals surface area contributed by atoms with Crippen molar-refractivity contribution in [2.45, 2.75) is 25.4 Å². The number of aliphatic carboxylic acids is 1. The monoisotopic (exact) mass is 335 g/mol. The topological polar surface area (TPSA) is 85.3 Å². The summed E-state index contributed by atoms with van der Waals surface area (Å²) in [4.78, 5) is 24.8. The second-order valence-electron chi connectivity index (χ2n) is 5.87. The van der Waals surface area contributed by atoms with Crippen molar-refractivity contribution >= 4 is 11.9 Å². The van der Waals surface area contributed by atoms with Crippen molar-refractivity contribution in [3.8, 4) is 11.5 Å². The van der Waals surface area contributed by atoms with Gasteiger partial charge in [-0.2, -0.15) is 0 Å². The van der Waals surface area contributed by atoms with Crippen molar-refractivity contribution < 1.29 is 28.9 Å². The molecule has 0 radical (unpaired) electrons. The first kappa shape index (κ1) is 16.6. The maximum atomic E-state index is 12.3. The fraction of sp³-hybridized carbons (Fsp3) is 0.529. The molecule has 0 spiro atoms. The molecule has 0 aromatic heterocycles. The highest BCUT2D eigenvalue weighted by Gasteiger charge is 2.28. The van der Waals surface area contributed by atoms with E-state index in [0.717, 1.165) is 23.5 Å². The highest BCUT2D eigenvalue weighted by molar-refractivity contribution is 5.79. The summed E-state index contributed by atoms with van der Waals surface area (Å²) in [5.41, 5.74) is 0.996. The molecular weight excluding hydrogens is 314 g/mol. The van der Waals surface area contributed by atoms with Crippen LogP contribution in [0.15, 0.2) is 18.2 Å². The Labute approximate surface area is 140 Å². The number of carboxylic acids is 1. The normalized spacial score (nSPS) is 20.3. The molecule has 2 heterocycles. The van der Waals surface area contributed by atoms with E-state index in [4.69, 9.17) is 19.3 Å². The van der Waals surface area contributed by atoms with Crippen molar-refractivity contribution in [3.05, 3.63) is 23.8 Å². The van der Waals surface area contributed by atoms with Crippen LogP contribution in [0.4, 0.5) is 0 Å². The highest BCUT2D eigenvalue weighted by Crippen LogP contribution is 2.30. The van der Waals surface area contributed by atoms with Crippen LogP contribution in [0.1, 0.15) is 18.4 Å². The standard InChI is InChI=1S/C17H21NO6/c19-16(18-6-9-24-15(11-18)17(20)21)5-3-12-2-4-13-14(10-12)23-8-1-7-22-13/h2,4,10,15H,1,3,5-9,11H2,(H,20,21)/t15-/m0/s1. The fourth-order valence-corrected chi connectivity index (χ4v) is 2.80. The summed E-state index contributed by atoms with van der Waals surface area (Å²) in [7, 11) is 0. The number of nitrogens with zero attached hydrogens (tertiary/aromatic N) is 1. The molecule has 3 rings (SSSR count). The lowest BCUT2D eigenvalue weighted by Gasteiger charge is -2.31. The number of rotatable bonds is 4. The molecule has 0 unspecified atom stereocenters. The predicted molar refractivity (Wildman–Crippen MR) is 84.3 cm³/mol. The minimum absolute atomic E-state index is 0.0586. The van der Waals surface area contributed by atoms with E-state index in [1.165, 1.54) is 0 Å². The average Bonchev–Trinajstić information content (AvgIpc) is 2.84. The summed E-state index contributed by atoms with van der Waals surface area (Å²) in [6.45, 7) is 2.07. The van der Waals surface area contributed by atoms with E-state index in [1.54, 1.807) is 4.90 Å². The molecular formula is C17H21NO6. The van der Waals surface area contributed by atoms with E-state index < -0.39 is 12.1 Å². The molecule has 1 saturated heterocycles. The van der Waals surface area contributed by atoms with Gasteiger partial charge in [-0.3, -0.25) is 4.79 Å². The molecule has 0 bridgehead atoms. The van der Waals surface area contributed by atoms with Gasteiger partial charge in [-0.05, 0) is 24.1 Å². The lowest BCUT2D eigenvalue weighted by molar-refractivity contribution is -0.159. The Morgan fingerprint density at radius 3 is 2.75 bits per heavy atom. The summed E-state index contributed by atoms with van der Waals surface area (Å²) in [6.07, 6.45) is 0.821. The Morgan fingerprint density at radius 1 is 1.17 bits per heavy atom. The second kappa shape index (κ2) is 7.53. The third-order valence-corrected chi connectivity index (χ3v) is 4.13. The van der Waals surface area contributed by atoms with Crippen molar-refractivity contribution in [2.24, 2.45) is 0 Å². The number of amides is 1. The van der Waals surface area contributed by atoms with Crippen molar-refractivity contribution in [3.63, 3.8) is 0 Å². The number of morpholine rings is 1. The van der Waals surface area contributed by atoms with Crippen LogP contribution >= 0.6 is 0 Å². The SMILES string of the molecule is O=C(O)[C@@H]1CN(C(=O)CCc2ccc3c(c2)OCCCO3)CCO1. The smallest absolute Gasteiger partial charge is 0.334 e. The van der Waals surface area contributed by atoms with E-state index in [0.29, 0.717) is 32.6 Å². The highest BCUT2D eigenvalue weighted by atomic mass is 16.5. The summed E-state index contributed by atoms with van der Waals surface area (Å²) in [5, 5.41) is 8.99. The minimum Gasteiger partial charge on any atom is -0.490 e. The maximum absolute atomic E-state index is 12.3. The molecule has 24 heavy (non-hydrogen) atoms. The Bertz CT molecular complexity index is 617. The van der Waals surface area contributed by atoms with Crippen LogP contribution in [-0.2, 0) is 20.7 Å². The van der Waals surface area contributed by atoms with Crippen LogP contribution in [0, 0.1) is 0 Å². The number of carboxylic acid groups (broad SMARTS) is 1. The molecule has 7 nitrogen and oxygen atoms in total. The summed E-state index contributed by atoms with van der Waals surface area (Å²) >= 11 is 0. The van der Waals surface area contributed by atoms with Gasteiger partial charge in [0, 0.05) is 19.4 Å². The molecule has 130 valence electrons. The largest absolute Gasteiger partial charge is 0.490 e. The number of carbonyl (C=O) groups is 2. The molecule has 1 atom stereocenters. The van der Waals surface area contributed by atoms with E-state index in [2.05, 4.69) is 0 Å². The van der Waals surface area contributed by atoms with Crippen LogP contribution in [0.5, 0.6) is 11.5 Å². The van der Waals surface area contributed by atoms with Gasteiger partial charge in [0.2, 0.25) is 5.91 Å². The summed E-state index contributed by atoms with van der Waals surface area (Å²) in [6, 6.07) is 5.71. The fourth-order valence-electron chi connectivity index (χ4n) is 2.80. The van der Waals surface area contributed by atoms with Gasteiger partial charge in [-0.15, -0.1) is 0 Å². The molecule has 1 amide bonds. The molecule has 0 aliphatic carbocycles. The van der Waals surface area contributed by atoms with Crippen LogP contribution in [0.3, 0.4) is 0 Å². The number of hydrogen-bond donors (Lipinski definition) is 1. The number of carbonyl (C=O) groups excluding carboxylic acids is 1. The zero-order valence-electron chi connectivity index (χ0n) is 13.4. The number of hydrogen-bond acceptors (Lipinski definition) is 5. The van der Waals surface area contributed by atoms with Gasteiger partial charge in [0.15, 0.2) is 17.6 Å². The quantitative estimate of drug-likeness (QED) is 0.887. The van der Waals surface area contributed by atoms with Gasteiger partial charge in [-0.25, -0.2) is 4.79 Å². The van der Waals surface area contributed by atoms with Crippen LogP contribution in [-0.4, -0.2) is 60.9 Å². The van der Waals surface area contributed by atoms with Crippen molar-refractivity contribution in [1.29, 1.82) is 0 Å². The predicted octanol–water partition coefficient (Wildman–Crippen LogP) is 1.09. The van der Waals surface area contributed by atoms with E-state index in [1.807, 2.05) is 18.2 Å².